The van der Waals surface area contributed by atoms with Crippen molar-refractivity contribution < 1.29 is 9.85 Å². The first-order valence-electron chi connectivity index (χ1n) is 7.01. The molecule has 126 valence electrons. The maximum absolute atomic E-state index is 11.1. The molecule has 1 aromatic heterocycles. The number of nitrogens with zero attached hydrogens (tertiary/aromatic N) is 6. The van der Waals surface area contributed by atoms with E-state index in [2.05, 4.69) is 20.8 Å². The van der Waals surface area contributed by atoms with E-state index in [0.717, 1.165) is 17.6 Å². The molecule has 1 N–H and O–H groups in total. The van der Waals surface area contributed by atoms with Crippen molar-refractivity contribution in [2.45, 2.75) is 6.92 Å². The highest BCUT2D eigenvalue weighted by Crippen LogP contribution is 2.28. The average molecular weight is 341 g/mol. The molecule has 0 atom stereocenters. The summed E-state index contributed by atoms with van der Waals surface area (Å²) in [5.74, 6) is 0.390. The first kappa shape index (κ1) is 16.0. The number of rotatable bonds is 4. The van der Waals surface area contributed by atoms with Gasteiger partial charge in [-0.15, -0.1) is 5.10 Å². The molecule has 0 unspecified atom stereocenters. The van der Waals surface area contributed by atoms with Gasteiger partial charge >= 0.3 is 5.69 Å². The van der Waals surface area contributed by atoms with Crippen LogP contribution in [0.25, 0.3) is 11.0 Å². The van der Waals surface area contributed by atoms with Gasteiger partial charge in [-0.1, -0.05) is 17.3 Å². The Labute approximate surface area is 139 Å². The molecular weight excluding hydrogens is 330 g/mol. The lowest BCUT2D eigenvalue weighted by atomic mass is 10.2. The molecule has 25 heavy (non-hydrogen) atoms. The lowest BCUT2D eigenvalue weighted by Gasteiger charge is -2.04. The quantitative estimate of drug-likeness (QED) is 0.332. The predicted octanol–water partition coefficient (Wildman–Crippen LogP) is 2.54. The van der Waals surface area contributed by atoms with Gasteiger partial charge in [-0.05, 0) is 25.1 Å². The Bertz CT molecular complexity index is 1010. The number of non-ortho nitro benzene ring substituents is 1. The minimum absolute atomic E-state index is 0.0272. The number of aromatic nitrogens is 3. The van der Waals surface area contributed by atoms with Crippen molar-refractivity contribution in [3.63, 3.8) is 0 Å². The number of nitrogens with one attached hydrogen (secondary N) is 1. The van der Waals surface area contributed by atoms with Crippen molar-refractivity contribution in [2.75, 3.05) is 5.43 Å². The normalized spacial score (nSPS) is 11.5. The van der Waals surface area contributed by atoms with Crippen LogP contribution in [0.4, 0.5) is 17.1 Å². The van der Waals surface area contributed by atoms with E-state index in [9.17, 15) is 20.2 Å². The monoisotopic (exact) mass is 341 g/mol. The molecule has 0 aliphatic heterocycles. The zero-order chi connectivity index (χ0) is 18.0. The number of hydrazone groups is 1. The van der Waals surface area contributed by atoms with Crippen LogP contribution in [0.15, 0.2) is 47.6 Å². The third-order valence-corrected chi connectivity index (χ3v) is 3.39. The van der Waals surface area contributed by atoms with Crippen molar-refractivity contribution in [1.82, 2.24) is 15.0 Å². The summed E-state index contributed by atoms with van der Waals surface area (Å²) in [5.41, 5.74) is 3.16. The third-order valence-electron chi connectivity index (χ3n) is 3.39. The van der Waals surface area contributed by atoms with Crippen LogP contribution in [0.5, 0.6) is 0 Å². The number of para-hydroxylation sites is 1. The molecule has 11 heteroatoms. The van der Waals surface area contributed by atoms with E-state index in [0.29, 0.717) is 11.4 Å². The van der Waals surface area contributed by atoms with Crippen LogP contribution in [0.2, 0.25) is 0 Å². The number of benzene rings is 2. The fraction of sp³-hybridized carbons (Fsp3) is 0.0714. The number of nitro groups is 2. The number of fused-ring (bicyclic) bond motifs is 1. The highest BCUT2D eigenvalue weighted by atomic mass is 16.6. The van der Waals surface area contributed by atoms with Crippen molar-refractivity contribution in [1.29, 1.82) is 0 Å². The number of hydrogen-bond acceptors (Lipinski definition) is 8. The lowest BCUT2D eigenvalue weighted by molar-refractivity contribution is -0.393. The molecule has 0 radical (unpaired) electrons. The van der Waals surface area contributed by atoms with Gasteiger partial charge < -0.3 is 0 Å². The summed E-state index contributed by atoms with van der Waals surface area (Å²) in [6.45, 7) is 1.64. The first-order chi connectivity index (χ1) is 12.0. The maximum atomic E-state index is 11.1. The molecule has 0 bridgehead atoms. The number of hydrogen-bond donors (Lipinski definition) is 1. The fourth-order valence-corrected chi connectivity index (χ4v) is 2.18. The molecule has 3 rings (SSSR count). The van der Waals surface area contributed by atoms with E-state index >= 15 is 0 Å². The number of nitro benzene ring substituents is 2. The van der Waals surface area contributed by atoms with Gasteiger partial charge in [0.15, 0.2) is 0 Å². The molecule has 1 heterocycles. The summed E-state index contributed by atoms with van der Waals surface area (Å²) in [7, 11) is 0. The molecule has 2 aromatic carbocycles. The molecule has 0 amide bonds. The van der Waals surface area contributed by atoms with Crippen molar-refractivity contribution in [3.05, 3.63) is 62.7 Å². The van der Waals surface area contributed by atoms with Crippen LogP contribution in [0.1, 0.15) is 6.92 Å². The van der Waals surface area contributed by atoms with Crippen LogP contribution in [0, 0.1) is 20.2 Å². The second-order valence-electron chi connectivity index (χ2n) is 4.98. The summed E-state index contributed by atoms with van der Waals surface area (Å²) in [5, 5.41) is 33.9. The summed E-state index contributed by atoms with van der Waals surface area (Å²) in [4.78, 5) is 20.4. The van der Waals surface area contributed by atoms with Gasteiger partial charge in [-0.25, -0.2) is 0 Å². The molecule has 0 aliphatic carbocycles. The Hall–Kier alpha value is -3.89. The van der Waals surface area contributed by atoms with Gasteiger partial charge in [0.25, 0.3) is 5.69 Å². The van der Waals surface area contributed by atoms with Gasteiger partial charge in [-0.2, -0.15) is 9.78 Å². The Morgan fingerprint density at radius 2 is 1.92 bits per heavy atom. The summed E-state index contributed by atoms with van der Waals surface area (Å²) in [6.07, 6.45) is 0. The standard InChI is InChI=1S/C14H11N7O4/c1-9(19-13-5-3-2-4-11(13)17-18-19)15-16-12-7-6-10(20(22)23)8-14(12)21(24)25/h2-8,16H,1H3/b15-9-. The van der Waals surface area contributed by atoms with Crippen LogP contribution in [-0.4, -0.2) is 30.7 Å². The third kappa shape index (κ3) is 3.10. The molecular formula is C14H11N7O4. The zero-order valence-corrected chi connectivity index (χ0v) is 12.9. The van der Waals surface area contributed by atoms with Crippen LogP contribution in [0.3, 0.4) is 0 Å². The molecule has 3 aromatic rings. The second kappa shape index (κ2) is 6.31. The van der Waals surface area contributed by atoms with E-state index in [-0.39, 0.29) is 11.4 Å². The summed E-state index contributed by atoms with van der Waals surface area (Å²) >= 11 is 0. The predicted molar refractivity (Wildman–Crippen MR) is 89.4 cm³/mol. The van der Waals surface area contributed by atoms with E-state index < -0.39 is 15.5 Å². The Kier molecular flexibility index (Phi) is 4.04. The molecule has 11 nitrogen and oxygen atoms in total. The summed E-state index contributed by atoms with van der Waals surface area (Å²) < 4.78 is 1.47. The van der Waals surface area contributed by atoms with Gasteiger partial charge in [0.1, 0.15) is 17.0 Å². The Balaban J connectivity index is 1.93. The Morgan fingerprint density at radius 3 is 2.64 bits per heavy atom. The molecule has 0 aliphatic rings. The van der Waals surface area contributed by atoms with Crippen LogP contribution in [-0.2, 0) is 0 Å². The molecule has 0 spiro atoms. The largest absolute Gasteiger partial charge is 0.301 e. The minimum Gasteiger partial charge on any atom is -0.270 e. The van der Waals surface area contributed by atoms with Crippen molar-refractivity contribution in [2.24, 2.45) is 5.10 Å². The van der Waals surface area contributed by atoms with E-state index in [1.165, 1.54) is 10.7 Å². The van der Waals surface area contributed by atoms with E-state index in [1.807, 2.05) is 18.2 Å². The molecule has 0 fully saturated rings. The second-order valence-corrected chi connectivity index (χ2v) is 4.98. The smallest absolute Gasteiger partial charge is 0.270 e. The molecule has 0 saturated heterocycles. The highest BCUT2D eigenvalue weighted by Gasteiger charge is 2.19. The van der Waals surface area contributed by atoms with Crippen LogP contribution >= 0.6 is 0 Å². The first-order valence-corrected chi connectivity index (χ1v) is 7.01. The van der Waals surface area contributed by atoms with Gasteiger partial charge in [0.05, 0.1) is 21.4 Å². The van der Waals surface area contributed by atoms with Crippen LogP contribution < -0.4 is 5.43 Å². The zero-order valence-electron chi connectivity index (χ0n) is 12.9. The maximum Gasteiger partial charge on any atom is 0.301 e. The van der Waals surface area contributed by atoms with Gasteiger partial charge in [0, 0.05) is 6.07 Å². The minimum atomic E-state index is -0.717. The fourth-order valence-electron chi connectivity index (χ4n) is 2.18. The SMILES string of the molecule is C/C(=N/Nc1ccc([N+](=O)[O-])cc1[N+](=O)[O-])n1nnc2ccccc21. The molecule has 0 saturated carbocycles. The topological polar surface area (TPSA) is 141 Å². The number of anilines is 1. The Morgan fingerprint density at radius 1 is 1.16 bits per heavy atom. The average Bonchev–Trinajstić information content (AvgIpc) is 3.03. The lowest BCUT2D eigenvalue weighted by Crippen LogP contribution is -2.12. The van der Waals surface area contributed by atoms with E-state index in [1.54, 1.807) is 13.0 Å². The van der Waals surface area contributed by atoms with E-state index in [4.69, 9.17) is 0 Å². The summed E-state index contributed by atoms with van der Waals surface area (Å²) in [6, 6.07) is 10.5. The van der Waals surface area contributed by atoms with Crippen molar-refractivity contribution in [3.8, 4) is 0 Å². The van der Waals surface area contributed by atoms with Crippen molar-refractivity contribution >= 4 is 33.9 Å². The van der Waals surface area contributed by atoms with Gasteiger partial charge in [-0.3, -0.25) is 25.7 Å². The highest BCUT2D eigenvalue weighted by molar-refractivity contribution is 5.91. The van der Waals surface area contributed by atoms with Gasteiger partial charge in [0.2, 0.25) is 0 Å².